The number of rotatable bonds is 5. The Hall–Kier alpha value is -1.83. The van der Waals surface area contributed by atoms with Gasteiger partial charge in [0.25, 0.3) is 5.76 Å². The van der Waals surface area contributed by atoms with Crippen LogP contribution in [0.4, 0.5) is 19.3 Å². The molecule has 8 heteroatoms. The Kier molecular flexibility index (Phi) is 5.75. The molecule has 1 atom stereocenters. The van der Waals surface area contributed by atoms with Crippen LogP contribution in [0.15, 0.2) is 29.2 Å². The van der Waals surface area contributed by atoms with Gasteiger partial charge in [0.2, 0.25) is 0 Å². The predicted molar refractivity (Wildman–Crippen MR) is 72.2 cm³/mol. The zero-order valence-electron chi connectivity index (χ0n) is 10.8. The Morgan fingerprint density at radius 1 is 1.35 bits per heavy atom. The zero-order valence-corrected chi connectivity index (χ0v) is 11.7. The molecule has 0 bridgehead atoms. The number of alkyl halides is 2. The molecule has 0 heterocycles. The first-order valence-electron chi connectivity index (χ1n) is 5.63. The van der Waals surface area contributed by atoms with Crippen molar-refractivity contribution in [3.63, 3.8) is 0 Å². The van der Waals surface area contributed by atoms with Gasteiger partial charge < -0.3 is 15.3 Å². The van der Waals surface area contributed by atoms with Gasteiger partial charge in [-0.3, -0.25) is 0 Å². The quantitative estimate of drug-likeness (QED) is 0.821. The number of anilines is 1. The van der Waals surface area contributed by atoms with Gasteiger partial charge in [-0.05, 0) is 19.1 Å². The Bertz CT molecular complexity index is 499. The highest BCUT2D eigenvalue weighted by atomic mass is 32.2. The molecule has 0 saturated heterocycles. The topological polar surface area (TPSA) is 69.6 Å². The number of halogens is 2. The third-order valence-corrected chi connectivity index (χ3v) is 3.39. The lowest BCUT2D eigenvalue weighted by atomic mass is 10.3. The average Bonchev–Trinajstić information content (AvgIpc) is 2.38. The molecule has 0 saturated carbocycles. The fraction of sp³-hybridized carbons (Fsp3) is 0.333. The fourth-order valence-electron chi connectivity index (χ4n) is 1.31. The second kappa shape index (κ2) is 7.09. The number of hydrogen-bond acceptors (Lipinski definition) is 3. The Morgan fingerprint density at radius 3 is 2.50 bits per heavy atom. The van der Waals surface area contributed by atoms with Crippen LogP contribution in [0.5, 0.6) is 0 Å². The van der Waals surface area contributed by atoms with E-state index in [2.05, 4.69) is 5.32 Å². The van der Waals surface area contributed by atoms with E-state index in [0.29, 0.717) is 11.8 Å². The van der Waals surface area contributed by atoms with Gasteiger partial charge in [-0.25, -0.2) is 9.59 Å². The van der Waals surface area contributed by atoms with Gasteiger partial charge in [-0.1, -0.05) is 23.9 Å². The summed E-state index contributed by atoms with van der Waals surface area (Å²) >= 11 is 0.311. The summed E-state index contributed by atoms with van der Waals surface area (Å²) in [5.74, 6) is -3.76. The van der Waals surface area contributed by atoms with Crippen LogP contribution in [0, 0.1) is 0 Å². The number of likely N-dealkylation sites (N-methyl/N-ethyl adjacent to an activating group) is 1. The number of aliphatic carboxylic acids is 1. The first-order chi connectivity index (χ1) is 9.32. The van der Waals surface area contributed by atoms with E-state index in [1.807, 2.05) is 0 Å². The lowest BCUT2D eigenvalue weighted by molar-refractivity contribution is -0.141. The number of carboxylic acid groups (broad SMARTS) is 1. The molecule has 2 N–H and O–H groups in total. The molecule has 110 valence electrons. The Balaban J connectivity index is 2.83. The minimum Gasteiger partial charge on any atom is -0.480 e. The van der Waals surface area contributed by atoms with Gasteiger partial charge >= 0.3 is 12.0 Å². The highest BCUT2D eigenvalue weighted by Gasteiger charge is 2.22. The lowest BCUT2D eigenvalue weighted by Crippen LogP contribution is -2.42. The number of thioether (sulfide) groups is 1. The van der Waals surface area contributed by atoms with E-state index in [1.165, 1.54) is 26.1 Å². The largest absolute Gasteiger partial charge is 0.480 e. The molecule has 1 aromatic rings. The minimum absolute atomic E-state index is 0.215. The van der Waals surface area contributed by atoms with E-state index in [-0.39, 0.29) is 10.6 Å². The number of carboxylic acids is 1. The summed E-state index contributed by atoms with van der Waals surface area (Å²) in [6, 6.07) is 4.39. The molecule has 0 aromatic heterocycles. The van der Waals surface area contributed by atoms with E-state index in [0.717, 1.165) is 4.90 Å². The fourth-order valence-corrected chi connectivity index (χ4v) is 1.91. The van der Waals surface area contributed by atoms with Gasteiger partial charge in [0.1, 0.15) is 6.04 Å². The van der Waals surface area contributed by atoms with Gasteiger partial charge in [0.05, 0.1) is 5.69 Å². The summed E-state index contributed by atoms with van der Waals surface area (Å²) in [5, 5.41) is 11.2. The molecule has 5 nitrogen and oxygen atoms in total. The predicted octanol–water partition coefficient (Wildman–Crippen LogP) is 2.94. The molecular weight excluding hydrogens is 290 g/mol. The summed E-state index contributed by atoms with van der Waals surface area (Å²) < 4.78 is 24.8. The van der Waals surface area contributed by atoms with Crippen molar-refractivity contribution >= 4 is 29.4 Å². The van der Waals surface area contributed by atoms with Crippen molar-refractivity contribution < 1.29 is 23.5 Å². The molecule has 0 aliphatic rings. The highest BCUT2D eigenvalue weighted by molar-refractivity contribution is 7.99. The maximum Gasteiger partial charge on any atom is 0.326 e. The SMILES string of the molecule is CC(C(=O)O)N(C)C(=O)Nc1ccccc1SC(F)F. The first-order valence-corrected chi connectivity index (χ1v) is 6.51. The van der Waals surface area contributed by atoms with E-state index in [1.54, 1.807) is 12.1 Å². The normalized spacial score (nSPS) is 12.1. The van der Waals surface area contributed by atoms with Crippen LogP contribution < -0.4 is 5.32 Å². The molecule has 0 radical (unpaired) electrons. The van der Waals surface area contributed by atoms with Crippen LogP contribution in [0.2, 0.25) is 0 Å². The monoisotopic (exact) mass is 304 g/mol. The number of carbonyl (C=O) groups is 2. The van der Waals surface area contributed by atoms with Crippen LogP contribution in [0.25, 0.3) is 0 Å². The lowest BCUT2D eigenvalue weighted by Gasteiger charge is -2.22. The van der Waals surface area contributed by atoms with Gasteiger partial charge in [0, 0.05) is 11.9 Å². The van der Waals surface area contributed by atoms with Crippen molar-refractivity contribution in [1.29, 1.82) is 0 Å². The average molecular weight is 304 g/mol. The van der Waals surface area contributed by atoms with E-state index >= 15 is 0 Å². The highest BCUT2D eigenvalue weighted by Crippen LogP contribution is 2.31. The Labute approximate surface area is 119 Å². The number of para-hydroxylation sites is 1. The van der Waals surface area contributed by atoms with Gasteiger partial charge in [0.15, 0.2) is 0 Å². The summed E-state index contributed by atoms with van der Waals surface area (Å²) in [7, 11) is 1.32. The second-order valence-corrected chi connectivity index (χ2v) is 4.96. The summed E-state index contributed by atoms with van der Waals surface area (Å²) in [4.78, 5) is 23.8. The van der Waals surface area contributed by atoms with Gasteiger partial charge in [-0.2, -0.15) is 8.78 Å². The van der Waals surface area contributed by atoms with Crippen molar-refractivity contribution in [2.45, 2.75) is 23.6 Å². The van der Waals surface area contributed by atoms with Gasteiger partial charge in [-0.15, -0.1) is 0 Å². The van der Waals surface area contributed by atoms with Crippen molar-refractivity contribution in [2.24, 2.45) is 0 Å². The number of urea groups is 1. The van der Waals surface area contributed by atoms with Crippen molar-refractivity contribution in [3.05, 3.63) is 24.3 Å². The van der Waals surface area contributed by atoms with Crippen LogP contribution in [0.1, 0.15) is 6.92 Å². The van der Waals surface area contributed by atoms with Crippen molar-refractivity contribution in [1.82, 2.24) is 4.90 Å². The molecule has 1 aromatic carbocycles. The number of benzene rings is 1. The number of amides is 2. The maximum atomic E-state index is 12.4. The van der Waals surface area contributed by atoms with Crippen LogP contribution in [0.3, 0.4) is 0 Å². The second-order valence-electron chi connectivity index (χ2n) is 3.93. The van der Waals surface area contributed by atoms with E-state index < -0.39 is 23.8 Å². The van der Waals surface area contributed by atoms with E-state index in [9.17, 15) is 18.4 Å². The minimum atomic E-state index is -2.61. The third-order valence-electron chi connectivity index (χ3n) is 2.60. The van der Waals surface area contributed by atoms with Crippen LogP contribution >= 0.6 is 11.8 Å². The van der Waals surface area contributed by atoms with E-state index in [4.69, 9.17) is 5.11 Å². The van der Waals surface area contributed by atoms with Crippen molar-refractivity contribution in [3.8, 4) is 0 Å². The third kappa shape index (κ3) is 4.37. The molecule has 20 heavy (non-hydrogen) atoms. The summed E-state index contributed by atoms with van der Waals surface area (Å²) in [6.07, 6.45) is 0. The molecule has 0 spiro atoms. The molecular formula is C12H14F2N2O3S. The smallest absolute Gasteiger partial charge is 0.326 e. The van der Waals surface area contributed by atoms with Crippen LogP contribution in [-0.4, -0.2) is 40.9 Å². The molecule has 0 aliphatic carbocycles. The number of nitrogens with one attached hydrogen (secondary N) is 1. The number of hydrogen-bond donors (Lipinski definition) is 2. The summed E-state index contributed by atoms with van der Waals surface area (Å²) in [6.45, 7) is 1.35. The number of carbonyl (C=O) groups excluding carboxylic acids is 1. The first kappa shape index (κ1) is 16.2. The number of nitrogens with zero attached hydrogens (tertiary/aromatic N) is 1. The molecule has 1 unspecified atom stereocenters. The maximum absolute atomic E-state index is 12.4. The van der Waals surface area contributed by atoms with Crippen LogP contribution in [-0.2, 0) is 4.79 Å². The van der Waals surface area contributed by atoms with Crippen molar-refractivity contribution in [2.75, 3.05) is 12.4 Å². The molecule has 2 amide bonds. The Morgan fingerprint density at radius 2 is 1.95 bits per heavy atom. The molecule has 0 aliphatic heterocycles. The summed E-state index contributed by atoms with van der Waals surface area (Å²) in [5.41, 5.74) is 0.215. The molecule has 1 rings (SSSR count). The molecule has 0 fully saturated rings. The zero-order chi connectivity index (χ0) is 15.3. The standard InChI is InChI=1S/C12H14F2N2O3S/c1-7(10(17)18)16(2)12(19)15-8-5-3-4-6-9(8)20-11(13)14/h3-7,11H,1-2H3,(H,15,19)(H,17,18).